The van der Waals surface area contributed by atoms with Crippen molar-refractivity contribution in [1.29, 1.82) is 0 Å². The summed E-state index contributed by atoms with van der Waals surface area (Å²) >= 11 is 5.78. The van der Waals surface area contributed by atoms with E-state index in [1.165, 1.54) is 0 Å². The molecule has 0 aliphatic carbocycles. The summed E-state index contributed by atoms with van der Waals surface area (Å²) in [6.07, 6.45) is 2.39. The maximum absolute atomic E-state index is 10.8. The molecule has 0 spiro atoms. The lowest BCUT2D eigenvalue weighted by atomic mass is 10.1. The van der Waals surface area contributed by atoms with Crippen molar-refractivity contribution in [1.82, 2.24) is 4.98 Å². The van der Waals surface area contributed by atoms with Gasteiger partial charge in [-0.05, 0) is 18.2 Å². The minimum Gasteiger partial charge on any atom is -0.496 e. The van der Waals surface area contributed by atoms with Crippen molar-refractivity contribution in [3.63, 3.8) is 0 Å². The standard InChI is InChI=1S/C11H8ClNO2/c1-15-10-3-2-7(6-14)8-4-11(12)13-5-9(8)10/h2-6H,1H3. The third kappa shape index (κ3) is 1.66. The van der Waals surface area contributed by atoms with Gasteiger partial charge in [-0.15, -0.1) is 0 Å². The molecule has 1 heterocycles. The van der Waals surface area contributed by atoms with Crippen LogP contribution in [-0.2, 0) is 0 Å². The highest BCUT2D eigenvalue weighted by molar-refractivity contribution is 6.30. The molecule has 15 heavy (non-hydrogen) atoms. The van der Waals surface area contributed by atoms with E-state index in [1.807, 2.05) is 0 Å². The molecular formula is C11H8ClNO2. The van der Waals surface area contributed by atoms with Crippen LogP contribution in [0.15, 0.2) is 24.4 Å². The summed E-state index contributed by atoms with van der Waals surface area (Å²) in [5.41, 5.74) is 0.579. The summed E-state index contributed by atoms with van der Waals surface area (Å²) in [6, 6.07) is 5.09. The van der Waals surface area contributed by atoms with Crippen LogP contribution in [0.25, 0.3) is 10.8 Å². The summed E-state index contributed by atoms with van der Waals surface area (Å²) in [4.78, 5) is 14.8. The van der Waals surface area contributed by atoms with E-state index in [0.717, 1.165) is 17.1 Å². The Kier molecular flexibility index (Phi) is 2.56. The molecule has 3 nitrogen and oxygen atoms in total. The number of rotatable bonds is 2. The van der Waals surface area contributed by atoms with Crippen LogP contribution in [0.3, 0.4) is 0 Å². The number of nitrogens with zero attached hydrogens (tertiary/aromatic N) is 1. The van der Waals surface area contributed by atoms with Gasteiger partial charge >= 0.3 is 0 Å². The molecule has 0 saturated carbocycles. The van der Waals surface area contributed by atoms with E-state index >= 15 is 0 Å². The highest BCUT2D eigenvalue weighted by Gasteiger charge is 2.06. The molecule has 0 fully saturated rings. The van der Waals surface area contributed by atoms with Crippen LogP contribution in [0, 0.1) is 0 Å². The van der Waals surface area contributed by atoms with Crippen LogP contribution in [0.2, 0.25) is 5.15 Å². The van der Waals surface area contributed by atoms with Crippen LogP contribution in [0.5, 0.6) is 5.75 Å². The zero-order valence-corrected chi connectivity index (χ0v) is 8.78. The molecule has 0 aliphatic heterocycles. The smallest absolute Gasteiger partial charge is 0.150 e. The third-order valence-corrected chi connectivity index (χ3v) is 2.41. The van der Waals surface area contributed by atoms with E-state index in [2.05, 4.69) is 4.98 Å². The monoisotopic (exact) mass is 221 g/mol. The fraction of sp³-hybridized carbons (Fsp3) is 0.0909. The molecule has 0 atom stereocenters. The average molecular weight is 222 g/mol. The SMILES string of the molecule is COc1ccc(C=O)c2cc(Cl)ncc12. The van der Waals surface area contributed by atoms with E-state index in [0.29, 0.717) is 16.5 Å². The van der Waals surface area contributed by atoms with Crippen molar-refractivity contribution in [2.75, 3.05) is 7.11 Å². The summed E-state index contributed by atoms with van der Waals surface area (Å²) in [6.45, 7) is 0. The van der Waals surface area contributed by atoms with Gasteiger partial charge in [0.25, 0.3) is 0 Å². The second-order valence-electron chi connectivity index (χ2n) is 3.03. The van der Waals surface area contributed by atoms with Gasteiger partial charge in [-0.2, -0.15) is 0 Å². The number of hydrogen-bond acceptors (Lipinski definition) is 3. The third-order valence-electron chi connectivity index (χ3n) is 2.21. The molecule has 0 radical (unpaired) electrons. The first-order chi connectivity index (χ1) is 7.26. The molecule has 0 aliphatic rings. The second-order valence-corrected chi connectivity index (χ2v) is 3.41. The predicted octanol–water partition coefficient (Wildman–Crippen LogP) is 2.71. The van der Waals surface area contributed by atoms with Gasteiger partial charge in [-0.25, -0.2) is 4.98 Å². The summed E-state index contributed by atoms with van der Waals surface area (Å²) in [7, 11) is 1.57. The Hall–Kier alpha value is -1.61. The Morgan fingerprint density at radius 1 is 1.40 bits per heavy atom. The van der Waals surface area contributed by atoms with Crippen molar-refractivity contribution >= 4 is 28.7 Å². The number of pyridine rings is 1. The molecule has 2 rings (SSSR count). The van der Waals surface area contributed by atoms with E-state index < -0.39 is 0 Å². The van der Waals surface area contributed by atoms with Crippen LogP contribution < -0.4 is 4.74 Å². The second kappa shape index (κ2) is 3.87. The van der Waals surface area contributed by atoms with Crippen LogP contribution in [-0.4, -0.2) is 18.4 Å². The topological polar surface area (TPSA) is 39.2 Å². The molecule has 2 aromatic rings. The Balaban J connectivity index is 2.86. The fourth-order valence-electron chi connectivity index (χ4n) is 1.49. The number of carbonyl (C=O) groups excluding carboxylic acids is 1. The van der Waals surface area contributed by atoms with Crippen molar-refractivity contribution < 1.29 is 9.53 Å². The molecule has 0 saturated heterocycles. The quantitative estimate of drug-likeness (QED) is 0.578. The molecule has 1 aromatic carbocycles. The number of hydrogen-bond donors (Lipinski definition) is 0. The minimum atomic E-state index is 0.360. The average Bonchev–Trinajstić information content (AvgIpc) is 2.27. The van der Waals surface area contributed by atoms with Crippen molar-refractivity contribution in [3.05, 3.63) is 35.1 Å². The Morgan fingerprint density at radius 3 is 2.87 bits per heavy atom. The maximum Gasteiger partial charge on any atom is 0.150 e. The Bertz CT molecular complexity index is 525. The number of benzene rings is 1. The molecule has 0 bridgehead atoms. The van der Waals surface area contributed by atoms with Gasteiger partial charge < -0.3 is 4.74 Å². The number of halogens is 1. The highest BCUT2D eigenvalue weighted by Crippen LogP contribution is 2.28. The number of fused-ring (bicyclic) bond motifs is 1. The van der Waals surface area contributed by atoms with Crippen LogP contribution >= 0.6 is 11.6 Å². The lowest BCUT2D eigenvalue weighted by Crippen LogP contribution is -1.90. The number of aromatic nitrogens is 1. The molecule has 0 N–H and O–H groups in total. The summed E-state index contributed by atoms with van der Waals surface area (Å²) in [5.74, 6) is 0.680. The van der Waals surface area contributed by atoms with Crippen molar-refractivity contribution in [2.45, 2.75) is 0 Å². The van der Waals surface area contributed by atoms with Gasteiger partial charge in [0.2, 0.25) is 0 Å². The Labute approximate surface area is 91.6 Å². The number of methoxy groups -OCH3 is 1. The molecule has 4 heteroatoms. The van der Waals surface area contributed by atoms with Gasteiger partial charge in [0.15, 0.2) is 6.29 Å². The highest BCUT2D eigenvalue weighted by atomic mass is 35.5. The number of aldehydes is 1. The first-order valence-corrected chi connectivity index (χ1v) is 4.71. The largest absolute Gasteiger partial charge is 0.496 e. The zero-order chi connectivity index (χ0) is 10.8. The van der Waals surface area contributed by atoms with Gasteiger partial charge in [-0.1, -0.05) is 11.6 Å². The maximum atomic E-state index is 10.8. The van der Waals surface area contributed by atoms with Gasteiger partial charge in [0, 0.05) is 22.5 Å². The lowest BCUT2D eigenvalue weighted by molar-refractivity contribution is 0.112. The number of carbonyl (C=O) groups is 1. The zero-order valence-electron chi connectivity index (χ0n) is 8.03. The Morgan fingerprint density at radius 2 is 2.20 bits per heavy atom. The lowest BCUT2D eigenvalue weighted by Gasteiger charge is -2.06. The molecule has 0 amide bonds. The van der Waals surface area contributed by atoms with Crippen molar-refractivity contribution in [2.24, 2.45) is 0 Å². The summed E-state index contributed by atoms with van der Waals surface area (Å²) in [5, 5.41) is 1.90. The molecular weight excluding hydrogens is 214 g/mol. The normalized spacial score (nSPS) is 10.3. The van der Waals surface area contributed by atoms with Gasteiger partial charge in [0.1, 0.15) is 10.9 Å². The first kappa shape index (κ1) is 9.93. The number of ether oxygens (including phenoxy) is 1. The van der Waals surface area contributed by atoms with Crippen LogP contribution in [0.1, 0.15) is 10.4 Å². The molecule has 1 aromatic heterocycles. The fourth-order valence-corrected chi connectivity index (χ4v) is 1.65. The molecule has 0 unspecified atom stereocenters. The van der Waals surface area contributed by atoms with Gasteiger partial charge in [0.05, 0.1) is 7.11 Å². The van der Waals surface area contributed by atoms with Crippen molar-refractivity contribution in [3.8, 4) is 5.75 Å². The summed E-state index contributed by atoms with van der Waals surface area (Å²) < 4.78 is 5.17. The first-order valence-electron chi connectivity index (χ1n) is 4.33. The van der Waals surface area contributed by atoms with Crippen LogP contribution in [0.4, 0.5) is 0 Å². The van der Waals surface area contributed by atoms with Gasteiger partial charge in [-0.3, -0.25) is 4.79 Å². The predicted molar refractivity (Wildman–Crippen MR) is 58.7 cm³/mol. The van der Waals surface area contributed by atoms with E-state index in [-0.39, 0.29) is 0 Å². The van der Waals surface area contributed by atoms with E-state index in [4.69, 9.17) is 16.3 Å². The van der Waals surface area contributed by atoms with E-state index in [1.54, 1.807) is 31.5 Å². The van der Waals surface area contributed by atoms with E-state index in [9.17, 15) is 4.79 Å². The minimum absolute atomic E-state index is 0.360. The molecule has 76 valence electrons.